The Morgan fingerprint density at radius 1 is 1.31 bits per heavy atom. The molecular formula is C11H16N4O. The van der Waals surface area contributed by atoms with Crippen molar-refractivity contribution in [1.82, 2.24) is 18.7 Å². The summed E-state index contributed by atoms with van der Waals surface area (Å²) in [6.07, 6.45) is 8.15. The molecule has 0 N–H and O–H groups in total. The van der Waals surface area contributed by atoms with E-state index in [1.165, 1.54) is 0 Å². The molecule has 2 heterocycles. The summed E-state index contributed by atoms with van der Waals surface area (Å²) in [5, 5.41) is 0. The van der Waals surface area contributed by atoms with E-state index in [0.717, 1.165) is 18.7 Å². The summed E-state index contributed by atoms with van der Waals surface area (Å²) in [6, 6.07) is 0. The van der Waals surface area contributed by atoms with Crippen LogP contribution in [0.3, 0.4) is 0 Å². The van der Waals surface area contributed by atoms with Crippen molar-refractivity contribution < 1.29 is 0 Å². The van der Waals surface area contributed by atoms with Crippen LogP contribution in [-0.2, 0) is 20.1 Å². The number of hydrogen-bond acceptors (Lipinski definition) is 2. The minimum absolute atomic E-state index is 0.0445. The van der Waals surface area contributed by atoms with Crippen LogP contribution in [0.2, 0.25) is 0 Å². The minimum atomic E-state index is 0.0445. The van der Waals surface area contributed by atoms with Gasteiger partial charge in [0.25, 0.3) is 0 Å². The average Bonchev–Trinajstić information content (AvgIpc) is 2.80. The smallest absolute Gasteiger partial charge is 0.328 e. The van der Waals surface area contributed by atoms with Crippen LogP contribution >= 0.6 is 0 Å². The van der Waals surface area contributed by atoms with Gasteiger partial charge in [-0.05, 0) is 6.42 Å². The zero-order chi connectivity index (χ0) is 11.5. The highest BCUT2D eigenvalue weighted by molar-refractivity contribution is 4.99. The number of imidazole rings is 2. The van der Waals surface area contributed by atoms with Crippen LogP contribution in [0.4, 0.5) is 0 Å². The second-order valence-corrected chi connectivity index (χ2v) is 3.90. The van der Waals surface area contributed by atoms with Gasteiger partial charge in [-0.3, -0.25) is 9.13 Å². The topological polar surface area (TPSA) is 44.8 Å². The fourth-order valence-electron chi connectivity index (χ4n) is 1.70. The highest BCUT2D eigenvalue weighted by Crippen LogP contribution is 1.99. The summed E-state index contributed by atoms with van der Waals surface area (Å²) < 4.78 is 5.35. The predicted octanol–water partition coefficient (Wildman–Crippen LogP) is 0.842. The van der Waals surface area contributed by atoms with Crippen molar-refractivity contribution in [2.75, 3.05) is 0 Å². The van der Waals surface area contributed by atoms with Gasteiger partial charge in [0.2, 0.25) is 0 Å². The Balaban J connectivity index is 2.23. The normalized spacial score (nSPS) is 10.9. The summed E-state index contributed by atoms with van der Waals surface area (Å²) in [6.45, 7) is 3.41. The van der Waals surface area contributed by atoms with Gasteiger partial charge in [0.15, 0.2) is 0 Å². The standard InChI is InChI=1S/C11H16N4O/c1-3-4-14-5-6-15(11(14)16)8-10-7-12-9-13(10)2/h5-7,9H,3-4,8H2,1-2H3. The molecule has 0 bridgehead atoms. The van der Waals surface area contributed by atoms with Gasteiger partial charge >= 0.3 is 5.69 Å². The lowest BCUT2D eigenvalue weighted by Gasteiger charge is -2.02. The fraction of sp³-hybridized carbons (Fsp3) is 0.455. The first-order valence-corrected chi connectivity index (χ1v) is 5.43. The first-order valence-electron chi connectivity index (χ1n) is 5.43. The Bertz CT molecular complexity index is 520. The Morgan fingerprint density at radius 2 is 2.06 bits per heavy atom. The van der Waals surface area contributed by atoms with E-state index >= 15 is 0 Å². The number of hydrogen-bond donors (Lipinski definition) is 0. The molecule has 0 aromatic carbocycles. The highest BCUT2D eigenvalue weighted by Gasteiger charge is 2.05. The van der Waals surface area contributed by atoms with Crippen LogP contribution in [0, 0.1) is 0 Å². The fourth-order valence-corrected chi connectivity index (χ4v) is 1.70. The average molecular weight is 220 g/mol. The van der Waals surface area contributed by atoms with E-state index in [9.17, 15) is 4.79 Å². The van der Waals surface area contributed by atoms with Crippen molar-refractivity contribution in [3.8, 4) is 0 Å². The van der Waals surface area contributed by atoms with Crippen molar-refractivity contribution in [3.63, 3.8) is 0 Å². The Morgan fingerprint density at radius 3 is 2.69 bits per heavy atom. The summed E-state index contributed by atoms with van der Waals surface area (Å²) in [5.41, 5.74) is 1.07. The lowest BCUT2D eigenvalue weighted by molar-refractivity contribution is 0.615. The van der Waals surface area contributed by atoms with Crippen LogP contribution in [0.5, 0.6) is 0 Å². The maximum absolute atomic E-state index is 11.9. The summed E-state index contributed by atoms with van der Waals surface area (Å²) in [5.74, 6) is 0. The Kier molecular flexibility index (Phi) is 2.94. The maximum Gasteiger partial charge on any atom is 0.328 e. The largest absolute Gasteiger partial charge is 0.336 e. The Labute approximate surface area is 94.0 Å². The second kappa shape index (κ2) is 4.38. The molecule has 2 aromatic rings. The first-order chi connectivity index (χ1) is 7.72. The molecule has 0 saturated heterocycles. The van der Waals surface area contributed by atoms with Crippen LogP contribution in [0.15, 0.2) is 29.7 Å². The van der Waals surface area contributed by atoms with Crippen molar-refractivity contribution in [3.05, 3.63) is 41.1 Å². The van der Waals surface area contributed by atoms with E-state index < -0.39 is 0 Å². The number of nitrogens with zero attached hydrogens (tertiary/aromatic N) is 4. The molecule has 2 rings (SSSR count). The van der Waals surface area contributed by atoms with Gasteiger partial charge in [-0.1, -0.05) is 6.92 Å². The molecule has 0 aliphatic carbocycles. The van der Waals surface area contributed by atoms with E-state index in [4.69, 9.17) is 0 Å². The predicted molar refractivity (Wildman–Crippen MR) is 61.3 cm³/mol. The monoisotopic (exact) mass is 220 g/mol. The van der Waals surface area contributed by atoms with Crippen molar-refractivity contribution in [2.45, 2.75) is 26.4 Å². The molecule has 16 heavy (non-hydrogen) atoms. The van der Waals surface area contributed by atoms with Crippen LogP contribution in [0.25, 0.3) is 0 Å². The second-order valence-electron chi connectivity index (χ2n) is 3.90. The van der Waals surface area contributed by atoms with E-state index in [2.05, 4.69) is 11.9 Å². The van der Waals surface area contributed by atoms with E-state index in [1.807, 2.05) is 24.0 Å². The summed E-state index contributed by atoms with van der Waals surface area (Å²) in [7, 11) is 1.93. The van der Waals surface area contributed by atoms with Gasteiger partial charge < -0.3 is 4.57 Å². The third kappa shape index (κ3) is 1.93. The molecular weight excluding hydrogens is 204 g/mol. The molecule has 0 fully saturated rings. The molecule has 0 aliphatic rings. The Hall–Kier alpha value is -1.78. The van der Waals surface area contributed by atoms with Crippen molar-refractivity contribution in [1.29, 1.82) is 0 Å². The maximum atomic E-state index is 11.9. The number of rotatable bonds is 4. The molecule has 0 unspecified atom stereocenters. The van der Waals surface area contributed by atoms with Crippen molar-refractivity contribution in [2.24, 2.45) is 7.05 Å². The number of aromatic nitrogens is 4. The van der Waals surface area contributed by atoms with E-state index in [-0.39, 0.29) is 5.69 Å². The molecule has 86 valence electrons. The molecule has 2 aromatic heterocycles. The number of aryl methyl sites for hydroxylation is 2. The molecule has 0 amide bonds. The van der Waals surface area contributed by atoms with Crippen LogP contribution < -0.4 is 5.69 Å². The quantitative estimate of drug-likeness (QED) is 0.766. The minimum Gasteiger partial charge on any atom is -0.336 e. The lowest BCUT2D eigenvalue weighted by Crippen LogP contribution is -2.24. The SMILES string of the molecule is CCCn1ccn(Cc2cncn2C)c1=O. The van der Waals surface area contributed by atoms with Gasteiger partial charge in [0.05, 0.1) is 18.6 Å². The lowest BCUT2D eigenvalue weighted by atomic mass is 10.4. The van der Waals surface area contributed by atoms with Crippen LogP contribution in [0.1, 0.15) is 19.0 Å². The van der Waals surface area contributed by atoms with Gasteiger partial charge in [-0.25, -0.2) is 9.78 Å². The van der Waals surface area contributed by atoms with E-state index in [1.54, 1.807) is 21.7 Å². The van der Waals surface area contributed by atoms with Gasteiger partial charge in [0, 0.05) is 32.2 Å². The molecule has 0 radical (unpaired) electrons. The highest BCUT2D eigenvalue weighted by atomic mass is 16.1. The molecule has 0 spiro atoms. The molecule has 0 aliphatic heterocycles. The zero-order valence-electron chi connectivity index (χ0n) is 9.63. The van der Waals surface area contributed by atoms with E-state index in [0.29, 0.717) is 6.54 Å². The van der Waals surface area contributed by atoms with Crippen molar-refractivity contribution >= 4 is 0 Å². The third-order valence-electron chi connectivity index (χ3n) is 2.63. The molecule has 0 atom stereocenters. The summed E-state index contributed by atoms with van der Waals surface area (Å²) in [4.78, 5) is 15.9. The molecule has 5 nitrogen and oxygen atoms in total. The van der Waals surface area contributed by atoms with Gasteiger partial charge in [-0.2, -0.15) is 0 Å². The third-order valence-corrected chi connectivity index (χ3v) is 2.63. The first kappa shape index (κ1) is 10.7. The van der Waals surface area contributed by atoms with Gasteiger partial charge in [0.1, 0.15) is 0 Å². The van der Waals surface area contributed by atoms with Crippen LogP contribution in [-0.4, -0.2) is 18.7 Å². The molecule has 0 saturated carbocycles. The molecule has 5 heteroatoms. The summed E-state index contributed by atoms with van der Waals surface area (Å²) >= 11 is 0. The van der Waals surface area contributed by atoms with Gasteiger partial charge in [-0.15, -0.1) is 0 Å². The zero-order valence-corrected chi connectivity index (χ0v) is 9.63.